The van der Waals surface area contributed by atoms with Gasteiger partial charge in [0.25, 0.3) is 5.91 Å². The van der Waals surface area contributed by atoms with Crippen LogP contribution in [-0.2, 0) is 11.3 Å². The molecule has 2 aromatic rings. The summed E-state index contributed by atoms with van der Waals surface area (Å²) in [7, 11) is 1.97. The fraction of sp³-hybridized carbons (Fsp3) is 0.278. The molecule has 128 valence electrons. The zero-order valence-electron chi connectivity index (χ0n) is 13.6. The van der Waals surface area contributed by atoms with Crippen molar-refractivity contribution >= 4 is 40.7 Å². The Bertz CT molecular complexity index is 704. The van der Waals surface area contributed by atoms with Crippen LogP contribution in [0.5, 0.6) is 0 Å². The van der Waals surface area contributed by atoms with Crippen molar-refractivity contribution in [1.29, 1.82) is 0 Å². The van der Waals surface area contributed by atoms with Crippen LogP contribution in [0.3, 0.4) is 0 Å². The van der Waals surface area contributed by atoms with Crippen LogP contribution in [0.2, 0.25) is 15.1 Å². The number of quaternary nitrogens is 1. The van der Waals surface area contributed by atoms with Gasteiger partial charge in [-0.25, -0.2) is 0 Å². The lowest BCUT2D eigenvalue weighted by molar-refractivity contribution is -0.885. The Labute approximate surface area is 157 Å². The van der Waals surface area contributed by atoms with Crippen molar-refractivity contribution in [3.8, 4) is 0 Å². The van der Waals surface area contributed by atoms with Crippen LogP contribution in [0, 0.1) is 0 Å². The molecule has 0 radical (unpaired) electrons. The molecule has 0 fully saturated rings. The summed E-state index contributed by atoms with van der Waals surface area (Å²) in [4.78, 5) is 13.3. The van der Waals surface area contributed by atoms with E-state index in [9.17, 15) is 4.79 Å². The third kappa shape index (κ3) is 5.67. The summed E-state index contributed by atoms with van der Waals surface area (Å²) in [6.45, 7) is 3.02. The summed E-state index contributed by atoms with van der Waals surface area (Å²) in [6.07, 6.45) is 0. The Morgan fingerprint density at radius 3 is 2.38 bits per heavy atom. The molecule has 24 heavy (non-hydrogen) atoms. The van der Waals surface area contributed by atoms with E-state index in [1.54, 1.807) is 6.07 Å². The fourth-order valence-electron chi connectivity index (χ4n) is 2.46. The molecule has 1 unspecified atom stereocenters. The van der Waals surface area contributed by atoms with Crippen molar-refractivity contribution in [2.45, 2.75) is 19.5 Å². The van der Waals surface area contributed by atoms with Gasteiger partial charge in [0.2, 0.25) is 0 Å². The summed E-state index contributed by atoms with van der Waals surface area (Å²) in [6, 6.07) is 12.9. The second-order valence-electron chi connectivity index (χ2n) is 5.90. The highest BCUT2D eigenvalue weighted by atomic mass is 35.5. The van der Waals surface area contributed by atoms with E-state index in [0.717, 1.165) is 16.0 Å². The van der Waals surface area contributed by atoms with E-state index < -0.39 is 0 Å². The monoisotopic (exact) mass is 385 g/mol. The highest BCUT2D eigenvalue weighted by molar-refractivity contribution is 6.42. The van der Waals surface area contributed by atoms with E-state index >= 15 is 0 Å². The second kappa shape index (κ2) is 8.72. The molecule has 3 nitrogen and oxygen atoms in total. The molecule has 0 saturated heterocycles. The van der Waals surface area contributed by atoms with E-state index in [0.29, 0.717) is 28.2 Å². The van der Waals surface area contributed by atoms with Gasteiger partial charge in [-0.1, -0.05) is 53.0 Å². The van der Waals surface area contributed by atoms with Gasteiger partial charge in [-0.15, -0.1) is 0 Å². The first-order valence-electron chi connectivity index (χ1n) is 7.65. The van der Waals surface area contributed by atoms with E-state index in [-0.39, 0.29) is 11.9 Å². The summed E-state index contributed by atoms with van der Waals surface area (Å²) in [5.74, 6) is -0.00462. The van der Waals surface area contributed by atoms with Crippen molar-refractivity contribution in [2.24, 2.45) is 0 Å². The Hall–Kier alpha value is -1.26. The Balaban J connectivity index is 1.86. The molecule has 0 bridgehead atoms. The van der Waals surface area contributed by atoms with Gasteiger partial charge in [0.1, 0.15) is 6.54 Å². The highest BCUT2D eigenvalue weighted by Crippen LogP contribution is 2.22. The third-order valence-electron chi connectivity index (χ3n) is 3.70. The van der Waals surface area contributed by atoms with Crippen LogP contribution < -0.4 is 10.2 Å². The molecule has 0 aliphatic rings. The largest absolute Gasteiger partial charge is 0.345 e. The topological polar surface area (TPSA) is 33.5 Å². The molecule has 2 rings (SSSR count). The zero-order valence-corrected chi connectivity index (χ0v) is 15.8. The first-order chi connectivity index (χ1) is 11.3. The number of hydrogen-bond donors (Lipinski definition) is 2. The normalized spacial score (nSPS) is 13.4. The number of amides is 1. The van der Waals surface area contributed by atoms with Crippen LogP contribution in [0.4, 0.5) is 0 Å². The molecule has 0 spiro atoms. The van der Waals surface area contributed by atoms with Crippen LogP contribution in [0.1, 0.15) is 24.1 Å². The molecular formula is C18H20Cl3N2O+. The number of hydrogen-bond acceptors (Lipinski definition) is 1. The van der Waals surface area contributed by atoms with Gasteiger partial charge in [-0.2, -0.15) is 0 Å². The zero-order chi connectivity index (χ0) is 17.7. The van der Waals surface area contributed by atoms with Gasteiger partial charge >= 0.3 is 0 Å². The van der Waals surface area contributed by atoms with Crippen LogP contribution >= 0.6 is 34.8 Å². The van der Waals surface area contributed by atoms with E-state index in [1.807, 2.05) is 50.4 Å². The standard InChI is InChI=1S/C18H19Cl3N2O/c1-12(14-4-6-15(19)7-5-14)22-18(24)11-23(2)10-13-3-8-16(20)17(21)9-13/h3-9,12H,10-11H2,1-2H3,(H,22,24)/p+1/t12-/m1/s1. The van der Waals surface area contributed by atoms with Crippen molar-refractivity contribution in [3.05, 3.63) is 68.7 Å². The van der Waals surface area contributed by atoms with Crippen molar-refractivity contribution < 1.29 is 9.69 Å². The van der Waals surface area contributed by atoms with Gasteiger partial charge in [0.15, 0.2) is 6.54 Å². The number of carbonyl (C=O) groups excluding carboxylic acids is 1. The first kappa shape index (κ1) is 19.1. The number of carbonyl (C=O) groups is 1. The van der Waals surface area contributed by atoms with Gasteiger partial charge in [0, 0.05) is 10.6 Å². The lowest BCUT2D eigenvalue weighted by Crippen LogP contribution is -3.08. The molecule has 0 heterocycles. The molecule has 2 atom stereocenters. The lowest BCUT2D eigenvalue weighted by Gasteiger charge is -2.17. The number of benzene rings is 2. The van der Waals surface area contributed by atoms with E-state index in [2.05, 4.69) is 5.32 Å². The highest BCUT2D eigenvalue weighted by Gasteiger charge is 2.14. The first-order valence-corrected chi connectivity index (χ1v) is 8.78. The maximum Gasteiger partial charge on any atom is 0.275 e. The average Bonchev–Trinajstić information content (AvgIpc) is 2.51. The quantitative estimate of drug-likeness (QED) is 0.782. The molecule has 0 aliphatic carbocycles. The number of halogens is 3. The molecule has 2 N–H and O–H groups in total. The number of nitrogens with one attached hydrogen (secondary N) is 2. The maximum absolute atomic E-state index is 12.2. The SMILES string of the molecule is C[C@@H](NC(=O)C[NH+](C)Cc1ccc(Cl)c(Cl)c1)c1ccc(Cl)cc1. The van der Waals surface area contributed by atoms with Crippen molar-refractivity contribution in [2.75, 3.05) is 13.6 Å². The molecule has 0 aromatic heterocycles. The fourth-order valence-corrected chi connectivity index (χ4v) is 2.91. The van der Waals surface area contributed by atoms with Gasteiger partial charge in [-0.05, 0) is 36.8 Å². The summed E-state index contributed by atoms with van der Waals surface area (Å²) >= 11 is 17.8. The predicted octanol–water partition coefficient (Wildman–Crippen LogP) is 3.54. The van der Waals surface area contributed by atoms with Gasteiger partial charge in [-0.3, -0.25) is 4.79 Å². The molecular weight excluding hydrogens is 367 g/mol. The lowest BCUT2D eigenvalue weighted by atomic mass is 10.1. The summed E-state index contributed by atoms with van der Waals surface area (Å²) < 4.78 is 0. The van der Waals surface area contributed by atoms with E-state index in [1.165, 1.54) is 0 Å². The van der Waals surface area contributed by atoms with E-state index in [4.69, 9.17) is 34.8 Å². The Morgan fingerprint density at radius 2 is 1.75 bits per heavy atom. The van der Waals surface area contributed by atoms with Crippen LogP contribution in [0.25, 0.3) is 0 Å². The maximum atomic E-state index is 12.2. The minimum absolute atomic E-state index is 0.00462. The Morgan fingerprint density at radius 1 is 1.08 bits per heavy atom. The summed E-state index contributed by atoms with van der Waals surface area (Å²) in [5.41, 5.74) is 2.07. The molecule has 6 heteroatoms. The minimum atomic E-state index is -0.0625. The Kier molecular flexibility index (Phi) is 6.93. The number of rotatable bonds is 6. The third-order valence-corrected chi connectivity index (χ3v) is 4.69. The van der Waals surface area contributed by atoms with Crippen LogP contribution in [0.15, 0.2) is 42.5 Å². The van der Waals surface area contributed by atoms with Crippen molar-refractivity contribution in [1.82, 2.24) is 5.32 Å². The molecule has 0 saturated carbocycles. The number of likely N-dealkylation sites (N-methyl/N-ethyl adjacent to an activating group) is 1. The summed E-state index contributed by atoms with van der Waals surface area (Å²) in [5, 5.41) is 4.75. The van der Waals surface area contributed by atoms with Crippen molar-refractivity contribution in [3.63, 3.8) is 0 Å². The smallest absolute Gasteiger partial charge is 0.275 e. The van der Waals surface area contributed by atoms with Gasteiger partial charge < -0.3 is 10.2 Å². The van der Waals surface area contributed by atoms with Crippen LogP contribution in [-0.4, -0.2) is 19.5 Å². The second-order valence-corrected chi connectivity index (χ2v) is 7.15. The molecule has 0 aliphatic heterocycles. The molecule has 2 aromatic carbocycles. The minimum Gasteiger partial charge on any atom is -0.345 e. The average molecular weight is 387 g/mol. The van der Waals surface area contributed by atoms with Gasteiger partial charge in [0.05, 0.1) is 23.1 Å². The molecule has 1 amide bonds. The predicted molar refractivity (Wildman–Crippen MR) is 99.9 cm³/mol.